The summed E-state index contributed by atoms with van der Waals surface area (Å²) in [5, 5.41) is 17.6. The molecule has 0 spiro atoms. The maximum atomic E-state index is 14.5. The van der Waals surface area contributed by atoms with Crippen LogP contribution >= 0.6 is 11.3 Å². The van der Waals surface area contributed by atoms with Gasteiger partial charge in [0, 0.05) is 37.9 Å². The molecule has 0 bridgehead atoms. The second-order valence-electron chi connectivity index (χ2n) is 14.6. The van der Waals surface area contributed by atoms with Gasteiger partial charge in [0.15, 0.2) is 6.10 Å². The number of benzene rings is 1. The van der Waals surface area contributed by atoms with Crippen molar-refractivity contribution in [3.63, 3.8) is 0 Å². The number of nitrogens with zero attached hydrogens (tertiary/aromatic N) is 3. The topological polar surface area (TPSA) is 167 Å². The molecule has 294 valence electrons. The molecule has 0 saturated carbocycles. The van der Waals surface area contributed by atoms with Gasteiger partial charge in [-0.15, -0.1) is 11.3 Å². The van der Waals surface area contributed by atoms with Gasteiger partial charge >= 0.3 is 11.9 Å². The highest BCUT2D eigenvalue weighted by Gasteiger charge is 2.39. The average molecular weight is 758 g/mol. The van der Waals surface area contributed by atoms with E-state index in [0.29, 0.717) is 17.8 Å². The number of carboxylic acids is 1. The molecule has 1 aromatic carbocycles. The lowest BCUT2D eigenvalue weighted by Crippen LogP contribution is -2.59. The fourth-order valence-corrected chi connectivity index (χ4v) is 7.62. The highest BCUT2D eigenvalue weighted by Crippen LogP contribution is 2.32. The lowest BCUT2D eigenvalue weighted by atomic mass is 9.92. The number of amides is 3. The van der Waals surface area contributed by atoms with E-state index in [1.165, 1.54) is 14.0 Å². The first-order valence-corrected chi connectivity index (χ1v) is 19.5. The number of nitrogens with one attached hydrogen (secondary N) is 2. The molecule has 2 aromatic rings. The molecule has 0 aliphatic carbocycles. The fraction of sp³-hybridized carbons (Fsp3) is 0.641. The number of aliphatic carboxylic acids is 1. The van der Waals surface area contributed by atoms with E-state index in [1.54, 1.807) is 17.2 Å². The SMILES string of the molecule is CC[C@H](C)[C@H](NC(=O)[C@H]1CCCCN1C)C(=O)N(COC)[C@H](C[C@@H](OC(C)=O)c1nc(C(=O)N[C@@H](Cc2ccccc2)C[C@H](C)C(=O)O)cs1)C(C)C. The summed E-state index contributed by atoms with van der Waals surface area (Å²) < 4.78 is 11.4. The van der Waals surface area contributed by atoms with E-state index in [4.69, 9.17) is 9.47 Å². The predicted octanol–water partition coefficient (Wildman–Crippen LogP) is 5.06. The Bertz CT molecular complexity index is 1500. The summed E-state index contributed by atoms with van der Waals surface area (Å²) in [7, 11) is 3.43. The Morgan fingerprint density at radius 2 is 1.75 bits per heavy atom. The molecule has 1 fully saturated rings. The van der Waals surface area contributed by atoms with Gasteiger partial charge in [-0.1, -0.05) is 77.8 Å². The minimum atomic E-state index is -0.951. The number of hydrogen-bond acceptors (Lipinski definition) is 10. The van der Waals surface area contributed by atoms with E-state index in [9.17, 15) is 29.1 Å². The van der Waals surface area contributed by atoms with Gasteiger partial charge in [0.1, 0.15) is 23.5 Å². The number of methoxy groups -OCH3 is 1. The summed E-state index contributed by atoms with van der Waals surface area (Å²) in [6, 6.07) is 7.44. The molecule has 14 heteroatoms. The minimum Gasteiger partial charge on any atom is -0.481 e. The third-order valence-electron chi connectivity index (χ3n) is 10.1. The van der Waals surface area contributed by atoms with E-state index in [1.807, 2.05) is 70.0 Å². The summed E-state index contributed by atoms with van der Waals surface area (Å²) in [4.78, 5) is 73.9. The molecule has 1 aliphatic heterocycles. The Hall–Kier alpha value is -3.88. The van der Waals surface area contributed by atoms with Gasteiger partial charge in [0.2, 0.25) is 11.8 Å². The number of carbonyl (C=O) groups is 5. The zero-order valence-electron chi connectivity index (χ0n) is 32.5. The number of aromatic nitrogens is 1. The van der Waals surface area contributed by atoms with Crippen molar-refractivity contribution in [3.05, 3.63) is 52.0 Å². The quantitative estimate of drug-likeness (QED) is 0.123. The molecule has 3 N–H and O–H groups in total. The Labute approximate surface area is 318 Å². The number of likely N-dealkylation sites (tertiary alicyclic amines) is 1. The van der Waals surface area contributed by atoms with Crippen LogP contribution in [0, 0.1) is 17.8 Å². The minimum absolute atomic E-state index is 0.0519. The molecular weight excluding hydrogens is 699 g/mol. The van der Waals surface area contributed by atoms with Crippen molar-refractivity contribution in [2.45, 2.75) is 117 Å². The summed E-state index contributed by atoms with van der Waals surface area (Å²) in [5.41, 5.74) is 1.07. The highest BCUT2D eigenvalue weighted by atomic mass is 32.1. The summed E-state index contributed by atoms with van der Waals surface area (Å²) >= 11 is 1.16. The van der Waals surface area contributed by atoms with Crippen molar-refractivity contribution in [3.8, 4) is 0 Å². The van der Waals surface area contributed by atoms with Gasteiger partial charge in [0.25, 0.3) is 5.91 Å². The first-order chi connectivity index (χ1) is 25.2. The first kappa shape index (κ1) is 43.5. The van der Waals surface area contributed by atoms with Crippen molar-refractivity contribution in [1.29, 1.82) is 0 Å². The van der Waals surface area contributed by atoms with E-state index in [0.717, 1.165) is 42.7 Å². The molecule has 13 nitrogen and oxygen atoms in total. The largest absolute Gasteiger partial charge is 0.481 e. The zero-order valence-corrected chi connectivity index (χ0v) is 33.3. The van der Waals surface area contributed by atoms with Gasteiger partial charge in [-0.25, -0.2) is 4.98 Å². The number of rotatable bonds is 20. The molecule has 3 amide bonds. The van der Waals surface area contributed by atoms with E-state index >= 15 is 0 Å². The molecule has 1 saturated heterocycles. The lowest BCUT2D eigenvalue weighted by Gasteiger charge is -2.39. The highest BCUT2D eigenvalue weighted by molar-refractivity contribution is 7.09. The molecule has 1 aliphatic rings. The van der Waals surface area contributed by atoms with Crippen molar-refractivity contribution in [2.24, 2.45) is 17.8 Å². The van der Waals surface area contributed by atoms with Gasteiger partial charge in [-0.05, 0) is 56.7 Å². The molecular formula is C39H59N5O8S. The van der Waals surface area contributed by atoms with Crippen LogP contribution in [0.3, 0.4) is 0 Å². The van der Waals surface area contributed by atoms with Gasteiger partial charge in [-0.3, -0.25) is 28.9 Å². The summed E-state index contributed by atoms with van der Waals surface area (Å²) in [5.74, 6) is -3.39. The lowest BCUT2D eigenvalue weighted by molar-refractivity contribution is -0.152. The number of esters is 1. The molecule has 53 heavy (non-hydrogen) atoms. The number of piperidine rings is 1. The van der Waals surface area contributed by atoms with Crippen molar-refractivity contribution in [1.82, 2.24) is 25.4 Å². The predicted molar refractivity (Wildman–Crippen MR) is 203 cm³/mol. The second-order valence-corrected chi connectivity index (χ2v) is 15.5. The van der Waals surface area contributed by atoms with Crippen LogP contribution in [0.25, 0.3) is 0 Å². The maximum Gasteiger partial charge on any atom is 0.306 e. The first-order valence-electron chi connectivity index (χ1n) is 18.7. The molecule has 7 atom stereocenters. The molecule has 2 heterocycles. The second kappa shape index (κ2) is 21.1. The Morgan fingerprint density at radius 3 is 2.34 bits per heavy atom. The van der Waals surface area contributed by atoms with E-state index in [-0.39, 0.29) is 55.0 Å². The van der Waals surface area contributed by atoms with Crippen LogP contribution in [0.15, 0.2) is 35.7 Å². The summed E-state index contributed by atoms with van der Waals surface area (Å²) in [6.45, 7) is 11.5. The van der Waals surface area contributed by atoms with Crippen LogP contribution in [0.5, 0.6) is 0 Å². The van der Waals surface area contributed by atoms with Crippen LogP contribution in [-0.4, -0.2) is 101 Å². The van der Waals surface area contributed by atoms with Crippen LogP contribution in [0.2, 0.25) is 0 Å². The average Bonchev–Trinajstić information content (AvgIpc) is 3.62. The Morgan fingerprint density at radius 1 is 1.06 bits per heavy atom. The normalized spacial score (nSPS) is 18.2. The Balaban J connectivity index is 1.87. The number of likely N-dealkylation sites (N-methyl/N-ethyl adjacent to an activating group) is 1. The number of thiazole rings is 1. The maximum absolute atomic E-state index is 14.5. The monoisotopic (exact) mass is 757 g/mol. The third-order valence-corrected chi connectivity index (χ3v) is 11.0. The number of carbonyl (C=O) groups excluding carboxylic acids is 4. The third kappa shape index (κ3) is 12.9. The van der Waals surface area contributed by atoms with E-state index < -0.39 is 48.0 Å². The van der Waals surface area contributed by atoms with Gasteiger partial charge in [-0.2, -0.15) is 0 Å². The van der Waals surface area contributed by atoms with Crippen LogP contribution in [0.1, 0.15) is 107 Å². The van der Waals surface area contributed by atoms with Crippen LogP contribution < -0.4 is 10.6 Å². The zero-order chi connectivity index (χ0) is 39.2. The van der Waals surface area contributed by atoms with Crippen molar-refractivity contribution < 1.29 is 38.6 Å². The Kier molecular flexibility index (Phi) is 17.3. The molecule has 0 radical (unpaired) electrons. The number of ether oxygens (including phenoxy) is 2. The van der Waals surface area contributed by atoms with Gasteiger partial charge in [0.05, 0.1) is 12.0 Å². The molecule has 3 rings (SSSR count). The number of hydrogen-bond donors (Lipinski definition) is 3. The summed E-state index contributed by atoms with van der Waals surface area (Å²) in [6.07, 6.45) is 3.30. The van der Waals surface area contributed by atoms with Crippen LogP contribution in [-0.2, 0) is 35.1 Å². The van der Waals surface area contributed by atoms with Crippen molar-refractivity contribution in [2.75, 3.05) is 27.4 Å². The molecule has 0 unspecified atom stereocenters. The number of carboxylic acid groups (broad SMARTS) is 1. The van der Waals surface area contributed by atoms with Gasteiger partial charge < -0.3 is 30.1 Å². The smallest absolute Gasteiger partial charge is 0.306 e. The molecule has 1 aromatic heterocycles. The van der Waals surface area contributed by atoms with Crippen molar-refractivity contribution >= 4 is 41.0 Å². The standard InChI is InChI=1S/C39H59N5O8S/c1-9-25(4)34(42-36(47)31-17-13-14-18-43(31)7)38(48)44(23-51-8)32(24(2)3)21-33(52-27(6)45)37-41-30(22-53-37)35(46)40-29(19-26(5)39(49)50)20-28-15-11-10-12-16-28/h10-12,15-16,22,24-26,29,31-34H,9,13-14,17-21,23H2,1-8H3,(H,40,46)(H,42,47)(H,49,50)/t25-,26-,29+,31+,32+,33+,34-/m0/s1. The van der Waals surface area contributed by atoms with Crippen LogP contribution in [0.4, 0.5) is 0 Å². The fourth-order valence-electron chi connectivity index (χ4n) is 6.78. The van der Waals surface area contributed by atoms with E-state index in [2.05, 4.69) is 15.6 Å².